The van der Waals surface area contributed by atoms with E-state index in [9.17, 15) is 0 Å². The molecule has 3 fully saturated rings. The molecule has 96 valence electrons. The van der Waals surface area contributed by atoms with Crippen molar-refractivity contribution in [3.63, 3.8) is 0 Å². The fourth-order valence-corrected chi connectivity index (χ4v) is 4.28. The Kier molecular flexibility index (Phi) is 3.61. The first-order chi connectivity index (χ1) is 8.36. The Bertz CT molecular complexity index is 294. The van der Waals surface area contributed by atoms with E-state index >= 15 is 0 Å². The van der Waals surface area contributed by atoms with Crippen molar-refractivity contribution >= 4 is 16.9 Å². The van der Waals surface area contributed by atoms with Gasteiger partial charge in [0.05, 0.1) is 12.6 Å². The Hall–Kier alpha value is -0.220. The first-order valence-electron chi connectivity index (χ1n) is 6.93. The van der Waals surface area contributed by atoms with E-state index in [-0.39, 0.29) is 0 Å². The Morgan fingerprint density at radius 3 is 2.94 bits per heavy atom. The number of rotatable bonds is 2. The monoisotopic (exact) mass is 254 g/mol. The molecule has 2 saturated heterocycles. The van der Waals surface area contributed by atoms with E-state index < -0.39 is 0 Å². The van der Waals surface area contributed by atoms with Crippen LogP contribution < -0.4 is 5.32 Å². The SMILES string of the molecule is C1CCC(CN=C2NC3(CCCC3)CS2)OC1. The molecule has 0 radical (unpaired) electrons. The van der Waals surface area contributed by atoms with Crippen molar-refractivity contribution in [1.29, 1.82) is 0 Å². The maximum absolute atomic E-state index is 5.71. The third-order valence-corrected chi connectivity index (χ3v) is 5.33. The number of hydrogen-bond donors (Lipinski definition) is 1. The van der Waals surface area contributed by atoms with Gasteiger partial charge < -0.3 is 10.1 Å². The van der Waals surface area contributed by atoms with Gasteiger partial charge in [-0.3, -0.25) is 4.99 Å². The van der Waals surface area contributed by atoms with E-state index in [1.54, 1.807) is 0 Å². The van der Waals surface area contributed by atoms with Crippen molar-refractivity contribution in [2.24, 2.45) is 4.99 Å². The average molecular weight is 254 g/mol. The lowest BCUT2D eigenvalue weighted by Gasteiger charge is -2.22. The summed E-state index contributed by atoms with van der Waals surface area (Å²) in [6.07, 6.45) is 9.52. The number of amidine groups is 1. The summed E-state index contributed by atoms with van der Waals surface area (Å²) in [5.41, 5.74) is 0.400. The van der Waals surface area contributed by atoms with Gasteiger partial charge in [0.25, 0.3) is 0 Å². The molecule has 1 N–H and O–H groups in total. The lowest BCUT2D eigenvalue weighted by molar-refractivity contribution is 0.0225. The molecule has 0 aromatic rings. The molecule has 0 bridgehead atoms. The maximum atomic E-state index is 5.71. The van der Waals surface area contributed by atoms with Gasteiger partial charge in [-0.2, -0.15) is 0 Å². The Morgan fingerprint density at radius 2 is 2.18 bits per heavy atom. The van der Waals surface area contributed by atoms with Crippen LogP contribution in [0.2, 0.25) is 0 Å². The summed E-state index contributed by atoms with van der Waals surface area (Å²) < 4.78 is 5.71. The van der Waals surface area contributed by atoms with Crippen LogP contribution in [0.4, 0.5) is 0 Å². The number of thioether (sulfide) groups is 1. The summed E-state index contributed by atoms with van der Waals surface area (Å²) in [7, 11) is 0. The van der Waals surface area contributed by atoms with Crippen LogP contribution in [-0.4, -0.2) is 35.7 Å². The van der Waals surface area contributed by atoms with Crippen molar-refractivity contribution in [3.8, 4) is 0 Å². The molecule has 1 aliphatic carbocycles. The molecule has 1 unspecified atom stereocenters. The normalized spacial score (nSPS) is 34.4. The van der Waals surface area contributed by atoms with Gasteiger partial charge in [0.1, 0.15) is 0 Å². The standard InChI is InChI=1S/C13H22N2OS/c1-4-8-16-11(5-1)9-14-12-15-13(10-17-12)6-2-3-7-13/h11H,1-10H2,(H,14,15). The first-order valence-corrected chi connectivity index (χ1v) is 7.92. The van der Waals surface area contributed by atoms with E-state index in [1.165, 1.54) is 55.9 Å². The summed E-state index contributed by atoms with van der Waals surface area (Å²) in [6, 6.07) is 0. The minimum atomic E-state index is 0.374. The third kappa shape index (κ3) is 2.79. The van der Waals surface area contributed by atoms with Crippen LogP contribution >= 0.6 is 11.8 Å². The highest BCUT2D eigenvalue weighted by Crippen LogP contribution is 2.37. The molecule has 0 amide bonds. The number of ether oxygens (including phenoxy) is 1. The fraction of sp³-hybridized carbons (Fsp3) is 0.923. The molecule has 4 heteroatoms. The van der Waals surface area contributed by atoms with Crippen LogP contribution in [0.3, 0.4) is 0 Å². The second kappa shape index (κ2) is 5.19. The van der Waals surface area contributed by atoms with Gasteiger partial charge in [-0.15, -0.1) is 0 Å². The van der Waals surface area contributed by atoms with Crippen LogP contribution in [-0.2, 0) is 4.74 Å². The average Bonchev–Trinajstić information content (AvgIpc) is 2.99. The second-order valence-electron chi connectivity index (χ2n) is 5.54. The molecule has 2 heterocycles. The molecule has 3 nitrogen and oxygen atoms in total. The third-order valence-electron chi connectivity index (χ3n) is 4.13. The highest BCUT2D eigenvalue weighted by atomic mass is 32.2. The van der Waals surface area contributed by atoms with E-state index in [0.717, 1.165) is 13.2 Å². The lowest BCUT2D eigenvalue weighted by atomic mass is 10.0. The van der Waals surface area contributed by atoms with Crippen molar-refractivity contribution in [2.45, 2.75) is 56.6 Å². The first kappa shape index (κ1) is 11.8. The molecule has 0 aromatic carbocycles. The smallest absolute Gasteiger partial charge is 0.157 e. The van der Waals surface area contributed by atoms with Gasteiger partial charge in [-0.05, 0) is 32.1 Å². The summed E-state index contributed by atoms with van der Waals surface area (Å²) in [4.78, 5) is 4.71. The van der Waals surface area contributed by atoms with E-state index in [1.807, 2.05) is 11.8 Å². The highest BCUT2D eigenvalue weighted by molar-refractivity contribution is 8.14. The number of aliphatic imine (C=N–C) groups is 1. The van der Waals surface area contributed by atoms with Crippen LogP contribution in [0.1, 0.15) is 44.9 Å². The molecule has 3 rings (SSSR count). The number of nitrogens with one attached hydrogen (secondary N) is 1. The second-order valence-corrected chi connectivity index (χ2v) is 6.50. The van der Waals surface area contributed by atoms with Crippen molar-refractivity contribution < 1.29 is 4.74 Å². The zero-order chi connectivity index (χ0) is 11.6. The van der Waals surface area contributed by atoms with Crippen LogP contribution in [0.25, 0.3) is 0 Å². The van der Waals surface area contributed by atoms with Gasteiger partial charge >= 0.3 is 0 Å². The molecule has 1 saturated carbocycles. The molecule has 1 atom stereocenters. The number of nitrogens with zero attached hydrogens (tertiary/aromatic N) is 1. The van der Waals surface area contributed by atoms with Gasteiger partial charge in [0, 0.05) is 17.9 Å². The Balaban J connectivity index is 1.51. The minimum absolute atomic E-state index is 0.374. The molecule has 0 aromatic heterocycles. The van der Waals surface area contributed by atoms with Crippen molar-refractivity contribution in [2.75, 3.05) is 18.9 Å². The predicted molar refractivity (Wildman–Crippen MR) is 72.7 cm³/mol. The van der Waals surface area contributed by atoms with Crippen molar-refractivity contribution in [1.82, 2.24) is 5.32 Å². The van der Waals surface area contributed by atoms with Gasteiger partial charge in [0.15, 0.2) is 5.17 Å². The van der Waals surface area contributed by atoms with Crippen molar-refractivity contribution in [3.05, 3.63) is 0 Å². The van der Waals surface area contributed by atoms with Gasteiger partial charge in [0.2, 0.25) is 0 Å². The fourth-order valence-electron chi connectivity index (χ4n) is 3.05. The molecule has 3 aliphatic rings. The Morgan fingerprint density at radius 1 is 1.29 bits per heavy atom. The topological polar surface area (TPSA) is 33.6 Å². The maximum Gasteiger partial charge on any atom is 0.157 e. The highest BCUT2D eigenvalue weighted by Gasteiger charge is 2.39. The molecular formula is C13H22N2OS. The van der Waals surface area contributed by atoms with E-state index in [0.29, 0.717) is 11.6 Å². The van der Waals surface area contributed by atoms with Crippen LogP contribution in [0, 0.1) is 0 Å². The summed E-state index contributed by atoms with van der Waals surface area (Å²) in [5, 5.41) is 4.83. The largest absolute Gasteiger partial charge is 0.376 e. The van der Waals surface area contributed by atoms with E-state index in [2.05, 4.69) is 5.32 Å². The summed E-state index contributed by atoms with van der Waals surface area (Å²) in [6.45, 7) is 1.78. The molecular weight excluding hydrogens is 232 g/mol. The summed E-state index contributed by atoms with van der Waals surface area (Å²) >= 11 is 1.91. The Labute approximate surface area is 108 Å². The molecule has 17 heavy (non-hydrogen) atoms. The summed E-state index contributed by atoms with van der Waals surface area (Å²) in [5.74, 6) is 1.22. The van der Waals surface area contributed by atoms with Gasteiger partial charge in [-0.1, -0.05) is 24.6 Å². The molecule has 1 spiro atoms. The zero-order valence-electron chi connectivity index (χ0n) is 10.4. The van der Waals surface area contributed by atoms with E-state index in [4.69, 9.17) is 9.73 Å². The molecule has 2 aliphatic heterocycles. The minimum Gasteiger partial charge on any atom is -0.376 e. The quantitative estimate of drug-likeness (QED) is 0.822. The zero-order valence-corrected chi connectivity index (χ0v) is 11.2. The predicted octanol–water partition coefficient (Wildman–Crippen LogP) is 2.56. The number of hydrogen-bond acceptors (Lipinski definition) is 3. The van der Waals surface area contributed by atoms with Crippen LogP contribution in [0.5, 0.6) is 0 Å². The van der Waals surface area contributed by atoms with Gasteiger partial charge in [-0.25, -0.2) is 0 Å². The van der Waals surface area contributed by atoms with Crippen LogP contribution in [0.15, 0.2) is 4.99 Å². The lowest BCUT2D eigenvalue weighted by Crippen LogP contribution is -2.40.